The maximum absolute atomic E-state index is 10.1. The van der Waals surface area contributed by atoms with Crippen LogP contribution in [0, 0.1) is 0 Å². The Bertz CT molecular complexity index is 450. The van der Waals surface area contributed by atoms with Gasteiger partial charge in [0.1, 0.15) is 6.10 Å². The van der Waals surface area contributed by atoms with E-state index >= 15 is 0 Å². The molecular formula is C11H12ClN3O. The normalized spacial score (nSPS) is 12.7. The predicted octanol–water partition coefficient (Wildman–Crippen LogP) is 1.74. The molecule has 1 unspecified atom stereocenters. The standard InChI is InChI=1S/C11H12ClN3O/c1-15-11(9(12)7-14-15)10(16)5-8-3-2-4-13-6-8/h2-4,6-7,10,16H,5H2,1H3. The second kappa shape index (κ2) is 4.63. The van der Waals surface area contributed by atoms with Gasteiger partial charge in [-0.2, -0.15) is 5.10 Å². The van der Waals surface area contributed by atoms with Gasteiger partial charge in [-0.05, 0) is 11.6 Å². The van der Waals surface area contributed by atoms with Crippen LogP contribution in [-0.2, 0) is 13.5 Å². The summed E-state index contributed by atoms with van der Waals surface area (Å²) < 4.78 is 1.59. The summed E-state index contributed by atoms with van der Waals surface area (Å²) in [4.78, 5) is 4.00. The van der Waals surface area contributed by atoms with Crippen LogP contribution in [0.3, 0.4) is 0 Å². The summed E-state index contributed by atoms with van der Waals surface area (Å²) in [6.45, 7) is 0. The lowest BCUT2D eigenvalue weighted by Crippen LogP contribution is -2.08. The highest BCUT2D eigenvalue weighted by Gasteiger charge is 2.16. The first-order valence-corrected chi connectivity index (χ1v) is 5.30. The molecule has 0 amide bonds. The number of aliphatic hydroxyl groups is 1. The summed E-state index contributed by atoms with van der Waals surface area (Å²) in [5.41, 5.74) is 1.60. The topological polar surface area (TPSA) is 50.9 Å². The molecule has 0 fully saturated rings. The molecule has 2 aromatic heterocycles. The Morgan fingerprint density at radius 1 is 1.50 bits per heavy atom. The van der Waals surface area contributed by atoms with Gasteiger partial charge in [0.2, 0.25) is 0 Å². The van der Waals surface area contributed by atoms with Gasteiger partial charge in [0.05, 0.1) is 16.9 Å². The van der Waals surface area contributed by atoms with Crippen molar-refractivity contribution >= 4 is 11.6 Å². The SMILES string of the molecule is Cn1ncc(Cl)c1C(O)Cc1cccnc1. The first-order valence-electron chi connectivity index (χ1n) is 4.93. The number of rotatable bonds is 3. The fourth-order valence-electron chi connectivity index (χ4n) is 1.63. The molecular weight excluding hydrogens is 226 g/mol. The van der Waals surface area contributed by atoms with Crippen LogP contribution >= 0.6 is 11.6 Å². The van der Waals surface area contributed by atoms with Gasteiger partial charge in [-0.15, -0.1) is 0 Å². The fraction of sp³-hybridized carbons (Fsp3) is 0.273. The summed E-state index contributed by atoms with van der Waals surface area (Å²) in [5, 5.41) is 14.5. The Labute approximate surface area is 98.5 Å². The van der Waals surface area contributed by atoms with E-state index in [1.807, 2.05) is 12.1 Å². The van der Waals surface area contributed by atoms with E-state index in [0.29, 0.717) is 17.1 Å². The maximum Gasteiger partial charge on any atom is 0.101 e. The van der Waals surface area contributed by atoms with E-state index in [0.717, 1.165) is 5.56 Å². The monoisotopic (exact) mass is 237 g/mol. The molecule has 0 aliphatic heterocycles. The van der Waals surface area contributed by atoms with Crippen molar-refractivity contribution in [2.75, 3.05) is 0 Å². The van der Waals surface area contributed by atoms with Crippen LogP contribution in [0.1, 0.15) is 17.4 Å². The lowest BCUT2D eigenvalue weighted by atomic mass is 10.1. The molecule has 2 rings (SSSR count). The van der Waals surface area contributed by atoms with E-state index in [2.05, 4.69) is 10.1 Å². The molecule has 5 heteroatoms. The minimum Gasteiger partial charge on any atom is -0.386 e. The van der Waals surface area contributed by atoms with Crippen LogP contribution in [0.25, 0.3) is 0 Å². The quantitative estimate of drug-likeness (QED) is 0.885. The number of nitrogens with zero attached hydrogens (tertiary/aromatic N) is 3. The maximum atomic E-state index is 10.1. The highest BCUT2D eigenvalue weighted by molar-refractivity contribution is 6.31. The summed E-state index contributed by atoms with van der Waals surface area (Å²) in [5.74, 6) is 0. The predicted molar refractivity (Wildman–Crippen MR) is 61.1 cm³/mol. The van der Waals surface area contributed by atoms with E-state index in [9.17, 15) is 5.11 Å². The van der Waals surface area contributed by atoms with Gasteiger partial charge in [0.15, 0.2) is 0 Å². The Balaban J connectivity index is 2.18. The molecule has 2 aromatic rings. The number of aryl methyl sites for hydroxylation is 1. The van der Waals surface area contributed by atoms with E-state index < -0.39 is 6.10 Å². The molecule has 4 nitrogen and oxygen atoms in total. The third kappa shape index (κ3) is 2.23. The van der Waals surface area contributed by atoms with Crippen LogP contribution < -0.4 is 0 Å². The van der Waals surface area contributed by atoms with Crippen LogP contribution in [0.2, 0.25) is 5.02 Å². The zero-order chi connectivity index (χ0) is 11.5. The van der Waals surface area contributed by atoms with Crippen molar-refractivity contribution in [2.24, 2.45) is 7.05 Å². The number of aromatic nitrogens is 3. The molecule has 2 heterocycles. The molecule has 0 aliphatic carbocycles. The lowest BCUT2D eigenvalue weighted by molar-refractivity contribution is 0.168. The molecule has 84 valence electrons. The molecule has 0 saturated carbocycles. The van der Waals surface area contributed by atoms with Crippen molar-refractivity contribution < 1.29 is 5.11 Å². The molecule has 0 aromatic carbocycles. The third-order valence-electron chi connectivity index (χ3n) is 2.41. The lowest BCUT2D eigenvalue weighted by Gasteiger charge is -2.11. The zero-order valence-corrected chi connectivity index (χ0v) is 9.59. The molecule has 16 heavy (non-hydrogen) atoms. The largest absolute Gasteiger partial charge is 0.386 e. The average Bonchev–Trinajstić information content (AvgIpc) is 2.60. The average molecular weight is 238 g/mol. The highest BCUT2D eigenvalue weighted by Crippen LogP contribution is 2.24. The molecule has 0 bridgehead atoms. The zero-order valence-electron chi connectivity index (χ0n) is 8.84. The van der Waals surface area contributed by atoms with Gasteiger partial charge >= 0.3 is 0 Å². The molecule has 1 N–H and O–H groups in total. The number of hydrogen-bond donors (Lipinski definition) is 1. The minimum atomic E-state index is -0.663. The number of halogens is 1. The minimum absolute atomic E-state index is 0.479. The van der Waals surface area contributed by atoms with Crippen LogP contribution in [0.4, 0.5) is 0 Å². The van der Waals surface area contributed by atoms with Crippen LogP contribution in [0.15, 0.2) is 30.7 Å². The van der Waals surface area contributed by atoms with E-state index in [1.54, 1.807) is 24.1 Å². The molecule has 0 saturated heterocycles. The smallest absolute Gasteiger partial charge is 0.101 e. The molecule has 0 spiro atoms. The van der Waals surface area contributed by atoms with Gasteiger partial charge in [0.25, 0.3) is 0 Å². The highest BCUT2D eigenvalue weighted by atomic mass is 35.5. The van der Waals surface area contributed by atoms with Crippen molar-refractivity contribution in [3.63, 3.8) is 0 Å². The van der Waals surface area contributed by atoms with Crippen LogP contribution in [-0.4, -0.2) is 19.9 Å². The van der Waals surface area contributed by atoms with E-state index in [1.165, 1.54) is 6.20 Å². The third-order valence-corrected chi connectivity index (χ3v) is 2.70. The Morgan fingerprint density at radius 3 is 2.88 bits per heavy atom. The first kappa shape index (κ1) is 11.1. The number of hydrogen-bond acceptors (Lipinski definition) is 3. The van der Waals surface area contributed by atoms with Gasteiger partial charge in [-0.1, -0.05) is 17.7 Å². The van der Waals surface area contributed by atoms with Gasteiger partial charge < -0.3 is 5.11 Å². The Kier molecular flexibility index (Phi) is 3.22. The second-order valence-corrected chi connectivity index (χ2v) is 3.99. The first-order chi connectivity index (χ1) is 7.68. The Morgan fingerprint density at radius 2 is 2.31 bits per heavy atom. The van der Waals surface area contributed by atoms with E-state index in [-0.39, 0.29) is 0 Å². The summed E-state index contributed by atoms with van der Waals surface area (Å²) in [6.07, 6.45) is 4.78. The summed E-state index contributed by atoms with van der Waals surface area (Å²) in [6, 6.07) is 3.76. The van der Waals surface area contributed by atoms with Gasteiger partial charge in [0, 0.05) is 25.9 Å². The summed E-state index contributed by atoms with van der Waals surface area (Å²) in [7, 11) is 1.76. The molecule has 0 aliphatic rings. The summed E-state index contributed by atoms with van der Waals surface area (Å²) >= 11 is 5.95. The van der Waals surface area contributed by atoms with Gasteiger partial charge in [-0.3, -0.25) is 9.67 Å². The second-order valence-electron chi connectivity index (χ2n) is 3.58. The Hall–Kier alpha value is -1.39. The van der Waals surface area contributed by atoms with Crippen molar-refractivity contribution in [3.8, 4) is 0 Å². The van der Waals surface area contributed by atoms with E-state index in [4.69, 9.17) is 11.6 Å². The molecule has 0 radical (unpaired) electrons. The number of pyridine rings is 1. The van der Waals surface area contributed by atoms with Crippen molar-refractivity contribution in [2.45, 2.75) is 12.5 Å². The van der Waals surface area contributed by atoms with Crippen molar-refractivity contribution in [3.05, 3.63) is 47.0 Å². The van der Waals surface area contributed by atoms with Crippen molar-refractivity contribution in [1.82, 2.24) is 14.8 Å². The molecule has 1 atom stereocenters. The van der Waals surface area contributed by atoms with Crippen molar-refractivity contribution in [1.29, 1.82) is 0 Å². The van der Waals surface area contributed by atoms with Gasteiger partial charge in [-0.25, -0.2) is 0 Å². The number of aliphatic hydroxyl groups excluding tert-OH is 1. The van der Waals surface area contributed by atoms with Crippen LogP contribution in [0.5, 0.6) is 0 Å². The fourth-order valence-corrected chi connectivity index (χ4v) is 1.93.